The van der Waals surface area contributed by atoms with Crippen LogP contribution in [0.15, 0.2) is 24.3 Å². The van der Waals surface area contributed by atoms with Gasteiger partial charge < -0.3 is 10.1 Å². The van der Waals surface area contributed by atoms with Crippen molar-refractivity contribution >= 4 is 5.97 Å². The zero-order valence-electron chi connectivity index (χ0n) is 26.0. The van der Waals surface area contributed by atoms with Crippen LogP contribution in [0.4, 0.5) is 0 Å². The number of hydrogen-bond acceptors (Lipinski definition) is 5. The van der Waals surface area contributed by atoms with Crippen LogP contribution in [0.2, 0.25) is 0 Å². The summed E-state index contributed by atoms with van der Waals surface area (Å²) in [6.07, 6.45) is 34.7. The predicted octanol–water partition coefficient (Wildman–Crippen LogP) is 9.80. The fourth-order valence-corrected chi connectivity index (χ4v) is 4.40. The van der Waals surface area contributed by atoms with Crippen molar-refractivity contribution in [2.75, 3.05) is 32.9 Å². The van der Waals surface area contributed by atoms with Gasteiger partial charge in [-0.2, -0.15) is 0 Å². The first-order valence-electron chi connectivity index (χ1n) is 16.7. The number of allylic oxidation sites excluding steroid dienone is 2. The molecular weight excluding hydrogens is 486 g/mol. The van der Waals surface area contributed by atoms with Crippen molar-refractivity contribution in [3.63, 3.8) is 0 Å². The van der Waals surface area contributed by atoms with E-state index in [1.807, 2.05) is 6.08 Å². The van der Waals surface area contributed by atoms with Crippen LogP contribution in [-0.2, 0) is 19.3 Å². The molecular formula is C34H65NO4. The molecule has 0 bridgehead atoms. The van der Waals surface area contributed by atoms with E-state index in [4.69, 9.17) is 14.5 Å². The van der Waals surface area contributed by atoms with E-state index in [0.717, 1.165) is 45.2 Å². The van der Waals surface area contributed by atoms with Gasteiger partial charge in [-0.05, 0) is 64.5 Å². The molecule has 5 nitrogen and oxygen atoms in total. The molecule has 0 aromatic carbocycles. The van der Waals surface area contributed by atoms with Crippen LogP contribution in [0.3, 0.4) is 0 Å². The highest BCUT2D eigenvalue weighted by Gasteiger charge is 2.01. The second kappa shape index (κ2) is 34.9. The maximum absolute atomic E-state index is 11.8. The second-order valence-electron chi connectivity index (χ2n) is 10.8. The molecule has 5 heteroatoms. The summed E-state index contributed by atoms with van der Waals surface area (Å²) in [7, 11) is 0. The van der Waals surface area contributed by atoms with Crippen LogP contribution in [0.5, 0.6) is 0 Å². The smallest absolute Gasteiger partial charge is 0.306 e. The Kier molecular flexibility index (Phi) is 33.8. The summed E-state index contributed by atoms with van der Waals surface area (Å²) >= 11 is 0. The zero-order valence-corrected chi connectivity index (χ0v) is 26.0. The number of nitrogens with one attached hydrogen (secondary N) is 1. The summed E-state index contributed by atoms with van der Waals surface area (Å²) in [6.45, 7) is 8.40. The molecule has 0 aromatic heterocycles. The van der Waals surface area contributed by atoms with E-state index in [1.54, 1.807) is 0 Å². The van der Waals surface area contributed by atoms with E-state index in [1.165, 1.54) is 103 Å². The van der Waals surface area contributed by atoms with Crippen molar-refractivity contribution in [1.82, 2.24) is 5.32 Å². The molecule has 0 atom stereocenters. The Labute approximate surface area is 242 Å². The Bertz CT molecular complexity index is 535. The van der Waals surface area contributed by atoms with E-state index in [-0.39, 0.29) is 5.97 Å². The first-order chi connectivity index (χ1) is 19.3. The van der Waals surface area contributed by atoms with Crippen LogP contribution in [0, 0.1) is 0 Å². The van der Waals surface area contributed by atoms with Gasteiger partial charge >= 0.3 is 5.97 Å². The van der Waals surface area contributed by atoms with Crippen molar-refractivity contribution in [2.24, 2.45) is 0 Å². The molecule has 39 heavy (non-hydrogen) atoms. The predicted molar refractivity (Wildman–Crippen MR) is 167 cm³/mol. The molecule has 0 saturated carbocycles. The number of ether oxygens (including phenoxy) is 1. The topological polar surface area (TPSA) is 56.8 Å². The van der Waals surface area contributed by atoms with E-state index in [2.05, 4.69) is 37.4 Å². The summed E-state index contributed by atoms with van der Waals surface area (Å²) in [4.78, 5) is 22.2. The van der Waals surface area contributed by atoms with Crippen molar-refractivity contribution in [2.45, 2.75) is 155 Å². The molecule has 0 aromatic rings. The number of rotatable bonds is 32. The lowest BCUT2D eigenvalue weighted by Gasteiger charge is -2.06. The van der Waals surface area contributed by atoms with Gasteiger partial charge in [0.15, 0.2) is 0 Å². The molecule has 0 aliphatic rings. The average molecular weight is 552 g/mol. The van der Waals surface area contributed by atoms with Crippen molar-refractivity contribution in [3.8, 4) is 0 Å². The van der Waals surface area contributed by atoms with E-state index in [9.17, 15) is 4.79 Å². The third-order valence-electron chi connectivity index (χ3n) is 6.94. The number of carbonyl (C=O) groups excluding carboxylic acids is 1. The largest absolute Gasteiger partial charge is 0.461 e. The number of unbranched alkanes of at least 4 members (excludes halogenated alkanes) is 17. The van der Waals surface area contributed by atoms with Gasteiger partial charge in [-0.3, -0.25) is 4.79 Å². The van der Waals surface area contributed by atoms with Gasteiger partial charge in [-0.15, -0.1) is 0 Å². The minimum Gasteiger partial charge on any atom is -0.461 e. The molecule has 0 radical (unpaired) electrons. The quantitative estimate of drug-likeness (QED) is 0.0296. The lowest BCUT2D eigenvalue weighted by atomic mass is 10.1. The number of carbonyl (C=O) groups is 1. The number of esters is 1. The average Bonchev–Trinajstić information content (AvgIpc) is 2.94. The first-order valence-corrected chi connectivity index (χ1v) is 16.7. The van der Waals surface area contributed by atoms with Crippen LogP contribution in [0.1, 0.15) is 155 Å². The molecule has 0 heterocycles. The molecule has 0 rings (SSSR count). The molecule has 0 saturated heterocycles. The van der Waals surface area contributed by atoms with Gasteiger partial charge in [-0.25, -0.2) is 9.78 Å². The van der Waals surface area contributed by atoms with Crippen molar-refractivity contribution in [3.05, 3.63) is 24.3 Å². The van der Waals surface area contributed by atoms with Crippen molar-refractivity contribution in [1.29, 1.82) is 0 Å². The van der Waals surface area contributed by atoms with Crippen LogP contribution >= 0.6 is 0 Å². The van der Waals surface area contributed by atoms with Crippen LogP contribution in [-0.4, -0.2) is 38.9 Å². The first kappa shape index (κ1) is 37.8. The lowest BCUT2D eigenvalue weighted by Crippen LogP contribution is -2.16. The standard InChI is InChI=1S/C34H65NO4/c1-3-5-7-9-12-19-25-31-37-34(36)28-22-16-15-18-24-30-35-29-23-17-11-14-21-27-33-39-38-32-26-20-13-10-8-6-4-2/h19-20,25-26,35H,3-18,21-24,27-33H2,1-2H3/b25-19-,26-20-. The van der Waals surface area contributed by atoms with E-state index >= 15 is 0 Å². The summed E-state index contributed by atoms with van der Waals surface area (Å²) in [5.41, 5.74) is 0. The molecule has 1 N–H and O–H groups in total. The minimum absolute atomic E-state index is 0.0543. The summed E-state index contributed by atoms with van der Waals surface area (Å²) < 4.78 is 5.28. The molecule has 0 aliphatic carbocycles. The second-order valence-corrected chi connectivity index (χ2v) is 10.8. The maximum atomic E-state index is 11.8. The fourth-order valence-electron chi connectivity index (χ4n) is 4.40. The minimum atomic E-state index is -0.0543. The van der Waals surface area contributed by atoms with E-state index in [0.29, 0.717) is 26.2 Å². The van der Waals surface area contributed by atoms with Crippen LogP contribution in [0.25, 0.3) is 0 Å². The highest BCUT2D eigenvalue weighted by molar-refractivity contribution is 5.69. The SMILES string of the molecule is CCCCCC/C=C\COOCCCCCCCCNCCCCCCCC(=O)OC/C=C\CCCCCC. The summed E-state index contributed by atoms with van der Waals surface area (Å²) in [6, 6.07) is 0. The van der Waals surface area contributed by atoms with Gasteiger partial charge in [0, 0.05) is 6.42 Å². The number of hydrogen-bond donors (Lipinski definition) is 1. The lowest BCUT2D eigenvalue weighted by molar-refractivity contribution is -0.286. The highest BCUT2D eigenvalue weighted by atomic mass is 17.2. The molecule has 0 unspecified atom stereocenters. The monoisotopic (exact) mass is 551 g/mol. The Morgan fingerprint density at radius 1 is 0.538 bits per heavy atom. The zero-order chi connectivity index (χ0) is 28.3. The molecule has 230 valence electrons. The van der Waals surface area contributed by atoms with E-state index < -0.39 is 0 Å². The third-order valence-corrected chi connectivity index (χ3v) is 6.94. The maximum Gasteiger partial charge on any atom is 0.306 e. The Morgan fingerprint density at radius 2 is 1.05 bits per heavy atom. The molecule has 0 aliphatic heterocycles. The normalized spacial score (nSPS) is 11.7. The summed E-state index contributed by atoms with van der Waals surface area (Å²) in [5.74, 6) is -0.0543. The van der Waals surface area contributed by atoms with Crippen molar-refractivity contribution < 1.29 is 19.3 Å². The fraction of sp³-hybridized carbons (Fsp3) is 0.853. The summed E-state index contributed by atoms with van der Waals surface area (Å²) in [5, 5.41) is 3.57. The van der Waals surface area contributed by atoms with Gasteiger partial charge in [0.1, 0.15) is 13.2 Å². The third kappa shape index (κ3) is 34.8. The molecule has 0 spiro atoms. The molecule has 0 amide bonds. The highest BCUT2D eigenvalue weighted by Crippen LogP contribution is 2.08. The van der Waals surface area contributed by atoms with Gasteiger partial charge in [0.2, 0.25) is 0 Å². The van der Waals surface area contributed by atoms with Gasteiger partial charge in [0.25, 0.3) is 0 Å². The Balaban J connectivity index is 3.17. The van der Waals surface area contributed by atoms with Gasteiger partial charge in [0.05, 0.1) is 6.61 Å². The Morgan fingerprint density at radius 3 is 1.67 bits per heavy atom. The van der Waals surface area contributed by atoms with Gasteiger partial charge in [-0.1, -0.05) is 122 Å². The molecule has 0 fully saturated rings. The Hall–Kier alpha value is -1.17. The van der Waals surface area contributed by atoms with Crippen LogP contribution < -0.4 is 5.32 Å².